The van der Waals surface area contributed by atoms with Crippen molar-refractivity contribution in [3.8, 4) is 0 Å². The lowest BCUT2D eigenvalue weighted by Gasteiger charge is -2.37. The number of benzene rings is 3. The first-order chi connectivity index (χ1) is 20.5. The summed E-state index contributed by atoms with van der Waals surface area (Å²) in [5.41, 5.74) is 5.70. The van der Waals surface area contributed by atoms with Crippen LogP contribution in [-0.4, -0.2) is 66.3 Å². The molecule has 3 aromatic carbocycles. The van der Waals surface area contributed by atoms with Gasteiger partial charge in [-0.05, 0) is 60.7 Å². The van der Waals surface area contributed by atoms with E-state index in [1.54, 1.807) is 12.7 Å². The first-order valence-electron chi connectivity index (χ1n) is 15.0. The van der Waals surface area contributed by atoms with Crippen molar-refractivity contribution in [3.05, 3.63) is 84.9 Å². The molecule has 0 radical (unpaired) electrons. The number of aromatic nitrogens is 4. The molecule has 1 aliphatic rings. The van der Waals surface area contributed by atoms with Crippen molar-refractivity contribution in [1.82, 2.24) is 19.9 Å². The lowest BCUT2D eigenvalue weighted by atomic mass is 10.1. The van der Waals surface area contributed by atoms with Crippen molar-refractivity contribution in [2.45, 2.75) is 26.7 Å². The topological polar surface area (TPSA) is 73.3 Å². The third-order valence-electron chi connectivity index (χ3n) is 8.18. The van der Waals surface area contributed by atoms with Crippen molar-refractivity contribution >= 4 is 44.8 Å². The Morgan fingerprint density at radius 2 is 1.38 bits per heavy atom. The van der Waals surface area contributed by atoms with E-state index in [1.165, 1.54) is 16.9 Å². The van der Waals surface area contributed by atoms with Crippen molar-refractivity contribution in [2.24, 2.45) is 5.92 Å². The highest BCUT2D eigenvalue weighted by molar-refractivity contribution is 5.92. The lowest BCUT2D eigenvalue weighted by Crippen LogP contribution is -2.46. The highest BCUT2D eigenvalue weighted by Gasteiger charge is 2.19. The van der Waals surface area contributed by atoms with Crippen LogP contribution >= 0.6 is 0 Å². The fourth-order valence-electron chi connectivity index (χ4n) is 5.67. The Hall–Kier alpha value is -4.46. The minimum atomic E-state index is 0.665. The van der Waals surface area contributed by atoms with Crippen LogP contribution in [0.1, 0.15) is 25.8 Å². The molecule has 8 heteroatoms. The standard InChI is InChI=1S/C34H40N8/c1-25(2)14-16-40(3)34-30-12-10-28(22-32(30)37-24-39-34)42-19-17-41(18-20-42)27-9-11-29-31(21-27)36-23-38-33(29)35-15-13-26-7-5-4-6-8-26/h4-12,21-25H,13-20H2,1-3H3,(H,35,36,38). The largest absolute Gasteiger partial charge is 0.369 e. The van der Waals surface area contributed by atoms with Gasteiger partial charge < -0.3 is 20.0 Å². The molecule has 1 fully saturated rings. The number of rotatable bonds is 10. The van der Waals surface area contributed by atoms with E-state index in [0.29, 0.717) is 5.92 Å². The predicted octanol–water partition coefficient (Wildman–Crippen LogP) is 6.04. The number of hydrogen-bond donors (Lipinski definition) is 1. The molecule has 1 aliphatic heterocycles. The van der Waals surface area contributed by atoms with E-state index >= 15 is 0 Å². The van der Waals surface area contributed by atoms with Crippen LogP contribution in [-0.2, 0) is 6.42 Å². The van der Waals surface area contributed by atoms with Crippen molar-refractivity contribution in [3.63, 3.8) is 0 Å². The van der Waals surface area contributed by atoms with E-state index in [4.69, 9.17) is 0 Å². The first kappa shape index (κ1) is 27.7. The van der Waals surface area contributed by atoms with Gasteiger partial charge in [-0.3, -0.25) is 0 Å². The number of anilines is 4. The van der Waals surface area contributed by atoms with Gasteiger partial charge in [-0.25, -0.2) is 19.9 Å². The minimum absolute atomic E-state index is 0.665. The molecule has 3 heterocycles. The van der Waals surface area contributed by atoms with Gasteiger partial charge in [-0.15, -0.1) is 0 Å². The van der Waals surface area contributed by atoms with Gasteiger partial charge in [0.1, 0.15) is 24.3 Å². The van der Waals surface area contributed by atoms with Gasteiger partial charge >= 0.3 is 0 Å². The first-order valence-corrected chi connectivity index (χ1v) is 15.0. The molecular weight excluding hydrogens is 520 g/mol. The maximum atomic E-state index is 4.62. The Morgan fingerprint density at radius 1 is 0.762 bits per heavy atom. The summed E-state index contributed by atoms with van der Waals surface area (Å²) in [7, 11) is 2.12. The summed E-state index contributed by atoms with van der Waals surface area (Å²) in [6, 6.07) is 23.7. The fraction of sp³-hybridized carbons (Fsp3) is 0.353. The number of hydrogen-bond acceptors (Lipinski definition) is 8. The Labute approximate surface area is 248 Å². The van der Waals surface area contributed by atoms with Crippen LogP contribution in [0.4, 0.5) is 23.0 Å². The van der Waals surface area contributed by atoms with Crippen LogP contribution < -0.4 is 20.0 Å². The number of piperazine rings is 1. The fourth-order valence-corrected chi connectivity index (χ4v) is 5.67. The molecule has 0 unspecified atom stereocenters. The van der Waals surface area contributed by atoms with Crippen LogP contribution in [0, 0.1) is 5.92 Å². The molecule has 8 nitrogen and oxygen atoms in total. The van der Waals surface area contributed by atoms with Gasteiger partial charge in [0.2, 0.25) is 0 Å². The second-order valence-corrected chi connectivity index (χ2v) is 11.6. The monoisotopic (exact) mass is 560 g/mol. The quantitative estimate of drug-likeness (QED) is 0.222. The maximum Gasteiger partial charge on any atom is 0.139 e. The molecule has 0 amide bonds. The Balaban J connectivity index is 1.10. The average Bonchev–Trinajstić information content (AvgIpc) is 3.03. The van der Waals surface area contributed by atoms with Gasteiger partial charge in [0, 0.05) is 68.5 Å². The lowest BCUT2D eigenvalue weighted by molar-refractivity contribution is 0.584. The summed E-state index contributed by atoms with van der Waals surface area (Å²) < 4.78 is 0. The molecular formula is C34H40N8. The minimum Gasteiger partial charge on any atom is -0.369 e. The van der Waals surface area contributed by atoms with Gasteiger partial charge in [-0.1, -0.05) is 44.2 Å². The molecule has 6 rings (SSSR count). The normalized spacial score (nSPS) is 13.7. The summed E-state index contributed by atoms with van der Waals surface area (Å²) in [5.74, 6) is 2.56. The van der Waals surface area contributed by atoms with E-state index in [-0.39, 0.29) is 0 Å². The maximum absolute atomic E-state index is 4.62. The Kier molecular flexibility index (Phi) is 8.30. The highest BCUT2D eigenvalue weighted by atomic mass is 15.3. The average molecular weight is 561 g/mol. The van der Waals surface area contributed by atoms with Crippen LogP contribution in [0.2, 0.25) is 0 Å². The second kappa shape index (κ2) is 12.6. The van der Waals surface area contributed by atoms with E-state index in [2.05, 4.69) is 128 Å². The zero-order valence-electron chi connectivity index (χ0n) is 24.9. The third kappa shape index (κ3) is 6.22. The zero-order chi connectivity index (χ0) is 28.9. The van der Waals surface area contributed by atoms with Gasteiger partial charge in [0.15, 0.2) is 0 Å². The summed E-state index contributed by atoms with van der Waals surface area (Å²) in [5, 5.41) is 5.67. The number of nitrogens with zero attached hydrogens (tertiary/aromatic N) is 7. The number of fused-ring (bicyclic) bond motifs is 2. The van der Waals surface area contributed by atoms with E-state index < -0.39 is 0 Å². The molecule has 0 bridgehead atoms. The summed E-state index contributed by atoms with van der Waals surface area (Å²) in [6.07, 6.45) is 5.45. The molecule has 0 spiro atoms. The molecule has 1 N–H and O–H groups in total. The van der Waals surface area contributed by atoms with Crippen LogP contribution in [0.5, 0.6) is 0 Å². The van der Waals surface area contributed by atoms with E-state index in [9.17, 15) is 0 Å². The van der Waals surface area contributed by atoms with Crippen LogP contribution in [0.15, 0.2) is 79.4 Å². The predicted molar refractivity (Wildman–Crippen MR) is 175 cm³/mol. The summed E-state index contributed by atoms with van der Waals surface area (Å²) in [6.45, 7) is 10.1. The van der Waals surface area contributed by atoms with Gasteiger partial charge in [0.25, 0.3) is 0 Å². The highest BCUT2D eigenvalue weighted by Crippen LogP contribution is 2.29. The van der Waals surface area contributed by atoms with E-state index in [1.807, 2.05) is 0 Å². The molecule has 0 atom stereocenters. The molecule has 2 aromatic heterocycles. The smallest absolute Gasteiger partial charge is 0.139 e. The second-order valence-electron chi connectivity index (χ2n) is 11.6. The van der Waals surface area contributed by atoms with E-state index in [0.717, 1.165) is 85.6 Å². The summed E-state index contributed by atoms with van der Waals surface area (Å²) >= 11 is 0. The Bertz CT molecular complexity index is 1630. The Morgan fingerprint density at radius 3 is 2.05 bits per heavy atom. The molecule has 216 valence electrons. The van der Waals surface area contributed by atoms with Gasteiger partial charge in [-0.2, -0.15) is 0 Å². The van der Waals surface area contributed by atoms with Crippen molar-refractivity contribution in [1.29, 1.82) is 0 Å². The van der Waals surface area contributed by atoms with Crippen LogP contribution in [0.25, 0.3) is 21.8 Å². The SMILES string of the molecule is CC(C)CCN(C)c1ncnc2cc(N3CCN(c4ccc5c(NCCc6ccccc6)ncnc5c4)CC3)ccc12. The zero-order valence-corrected chi connectivity index (χ0v) is 24.9. The van der Waals surface area contributed by atoms with Crippen LogP contribution in [0.3, 0.4) is 0 Å². The van der Waals surface area contributed by atoms with Gasteiger partial charge in [0.05, 0.1) is 11.0 Å². The van der Waals surface area contributed by atoms with Crippen molar-refractivity contribution < 1.29 is 0 Å². The molecule has 5 aromatic rings. The molecule has 0 aliphatic carbocycles. The van der Waals surface area contributed by atoms with Crippen molar-refractivity contribution in [2.75, 3.05) is 66.3 Å². The third-order valence-corrected chi connectivity index (χ3v) is 8.18. The number of nitrogens with one attached hydrogen (secondary N) is 1. The molecule has 42 heavy (non-hydrogen) atoms. The summed E-state index contributed by atoms with van der Waals surface area (Å²) in [4.78, 5) is 25.5. The molecule has 0 saturated carbocycles. The molecule has 1 saturated heterocycles.